The number of rotatable bonds is 75. The van der Waals surface area contributed by atoms with Crippen LogP contribution >= 0.6 is 15.6 Å². The molecular weight excluding hydrogens is 1270 g/mol. The maximum atomic E-state index is 13.1. The molecule has 0 saturated heterocycles. The van der Waals surface area contributed by atoms with Crippen molar-refractivity contribution >= 4 is 39.5 Å². The molecule has 0 radical (unpaired) electrons. The summed E-state index contributed by atoms with van der Waals surface area (Å²) in [6.45, 7) is 14.2. The van der Waals surface area contributed by atoms with E-state index in [1.807, 2.05) is 0 Å². The lowest BCUT2D eigenvalue weighted by Crippen LogP contribution is -2.30. The number of hydrogen-bond donors (Lipinski definition) is 3. The maximum absolute atomic E-state index is 13.1. The van der Waals surface area contributed by atoms with Crippen molar-refractivity contribution in [3.63, 3.8) is 0 Å². The van der Waals surface area contributed by atoms with Crippen LogP contribution in [-0.2, 0) is 65.4 Å². The third-order valence-corrected chi connectivity index (χ3v) is 21.1. The van der Waals surface area contributed by atoms with Crippen molar-refractivity contribution in [1.29, 1.82) is 0 Å². The van der Waals surface area contributed by atoms with Crippen molar-refractivity contribution in [3.05, 3.63) is 0 Å². The van der Waals surface area contributed by atoms with Gasteiger partial charge in [-0.1, -0.05) is 344 Å². The van der Waals surface area contributed by atoms with Crippen molar-refractivity contribution in [3.8, 4) is 0 Å². The largest absolute Gasteiger partial charge is 0.472 e. The molecule has 0 heterocycles. The standard InChI is InChI=1S/C78H152O17P2/c1-9-69(6)55-47-39-31-27-23-19-16-17-21-25-29-33-45-53-61-78(83)95-74(65-89-76(81)59-51-43-37-35-41-49-57-71(8)11-3)67-93-97(86,87)91-63-72(79)62-90-96(84,85)92-66-73(64-88-75(80)58-50-42-36-34-40-48-56-70(7)10-2)94-77(82)60-52-44-32-28-24-20-15-13-12-14-18-22-26-30-38-46-54-68(4)5/h68-74,79H,9-67H2,1-8H3,(H,84,85)(H,86,87)/t69?,70?,71?,72-,73-,74-/m1/s1. The fourth-order valence-electron chi connectivity index (χ4n) is 11.8. The van der Waals surface area contributed by atoms with Gasteiger partial charge in [-0.2, -0.15) is 0 Å². The molecule has 0 aromatic carbocycles. The highest BCUT2D eigenvalue weighted by atomic mass is 31.2. The topological polar surface area (TPSA) is 237 Å². The fraction of sp³-hybridized carbons (Fsp3) is 0.949. The highest BCUT2D eigenvalue weighted by Gasteiger charge is 2.30. The Morgan fingerprint density at radius 3 is 0.732 bits per heavy atom. The number of carbonyl (C=O) groups is 4. The highest BCUT2D eigenvalue weighted by molar-refractivity contribution is 7.47. The van der Waals surface area contributed by atoms with Crippen molar-refractivity contribution < 1.29 is 80.2 Å². The Balaban J connectivity index is 5.20. The van der Waals surface area contributed by atoms with E-state index in [0.29, 0.717) is 25.7 Å². The molecule has 5 unspecified atom stereocenters. The Morgan fingerprint density at radius 2 is 0.495 bits per heavy atom. The van der Waals surface area contributed by atoms with E-state index < -0.39 is 97.5 Å². The van der Waals surface area contributed by atoms with Crippen LogP contribution in [0.3, 0.4) is 0 Å². The molecule has 3 N–H and O–H groups in total. The number of hydrogen-bond acceptors (Lipinski definition) is 15. The Morgan fingerprint density at radius 1 is 0.289 bits per heavy atom. The molecule has 0 rings (SSSR count). The molecule has 0 aromatic heterocycles. The number of unbranched alkanes of at least 4 members (excludes halogenated alkanes) is 38. The van der Waals surface area contributed by atoms with Crippen LogP contribution in [0, 0.1) is 23.7 Å². The average molecular weight is 1420 g/mol. The molecule has 19 heteroatoms. The first kappa shape index (κ1) is 95.1. The summed E-state index contributed by atoms with van der Waals surface area (Å²) >= 11 is 0. The third-order valence-electron chi connectivity index (χ3n) is 19.2. The van der Waals surface area contributed by atoms with E-state index in [9.17, 15) is 43.2 Å². The van der Waals surface area contributed by atoms with Gasteiger partial charge in [0.25, 0.3) is 0 Å². The van der Waals surface area contributed by atoms with E-state index >= 15 is 0 Å². The molecule has 0 aliphatic heterocycles. The summed E-state index contributed by atoms with van der Waals surface area (Å²) < 4.78 is 68.6. The SMILES string of the molecule is CCC(C)CCCCCCCCCCCCCCCCC(=O)O[C@H](COC(=O)CCCCCCCCC(C)CC)COP(=O)(O)OC[C@H](O)COP(=O)(O)OC[C@@H](COC(=O)CCCCCCCCC(C)CC)OC(=O)CCCCCCCCCCCCCCCCCCC(C)C. The Bertz CT molecular complexity index is 1910. The minimum absolute atomic E-state index is 0.106. The van der Waals surface area contributed by atoms with Gasteiger partial charge in [-0.25, -0.2) is 9.13 Å². The molecule has 576 valence electrons. The summed E-state index contributed by atoms with van der Waals surface area (Å²) in [5.74, 6) is 0.996. The number of carbonyl (C=O) groups excluding carboxylic acids is 4. The van der Waals surface area contributed by atoms with E-state index in [4.69, 9.17) is 37.0 Å². The van der Waals surface area contributed by atoms with Gasteiger partial charge in [-0.05, 0) is 49.4 Å². The lowest BCUT2D eigenvalue weighted by atomic mass is 9.99. The second kappa shape index (κ2) is 67.2. The quantitative estimate of drug-likeness (QED) is 0.0222. The maximum Gasteiger partial charge on any atom is 0.472 e. The van der Waals surface area contributed by atoms with Crippen molar-refractivity contribution in [2.75, 3.05) is 39.6 Å². The van der Waals surface area contributed by atoms with Crippen LogP contribution in [-0.4, -0.2) is 96.7 Å². The van der Waals surface area contributed by atoms with Crippen LogP contribution in [0.15, 0.2) is 0 Å². The summed E-state index contributed by atoms with van der Waals surface area (Å²) in [6, 6.07) is 0. The number of esters is 4. The number of phosphoric ester groups is 2. The first-order valence-electron chi connectivity index (χ1n) is 40.3. The van der Waals surface area contributed by atoms with E-state index in [-0.39, 0.29) is 25.7 Å². The summed E-state index contributed by atoms with van der Waals surface area (Å²) in [7, 11) is -9.92. The smallest absolute Gasteiger partial charge is 0.462 e. The fourth-order valence-corrected chi connectivity index (χ4v) is 13.4. The molecule has 17 nitrogen and oxygen atoms in total. The van der Waals surface area contributed by atoms with Gasteiger partial charge in [0.15, 0.2) is 12.2 Å². The van der Waals surface area contributed by atoms with Gasteiger partial charge >= 0.3 is 39.5 Å². The minimum Gasteiger partial charge on any atom is -0.462 e. The van der Waals surface area contributed by atoms with Gasteiger partial charge in [0.1, 0.15) is 19.3 Å². The van der Waals surface area contributed by atoms with Gasteiger partial charge in [0.2, 0.25) is 0 Å². The molecule has 0 amide bonds. The predicted octanol–water partition coefficient (Wildman–Crippen LogP) is 22.8. The summed E-state index contributed by atoms with van der Waals surface area (Å²) in [6.07, 6.45) is 52.8. The molecule has 0 aliphatic rings. The highest BCUT2D eigenvalue weighted by Crippen LogP contribution is 2.45. The molecule has 0 aromatic rings. The first-order valence-corrected chi connectivity index (χ1v) is 43.3. The van der Waals surface area contributed by atoms with Gasteiger partial charge in [0, 0.05) is 25.7 Å². The van der Waals surface area contributed by atoms with Gasteiger partial charge in [0.05, 0.1) is 26.4 Å². The van der Waals surface area contributed by atoms with Crippen LogP contribution in [0.1, 0.15) is 396 Å². The molecule has 0 spiro atoms. The second-order valence-electron chi connectivity index (χ2n) is 29.3. The summed E-state index contributed by atoms with van der Waals surface area (Å²) in [5.41, 5.74) is 0. The first-order chi connectivity index (χ1) is 46.7. The predicted molar refractivity (Wildman–Crippen MR) is 395 cm³/mol. The lowest BCUT2D eigenvalue weighted by Gasteiger charge is -2.21. The molecule has 0 saturated carbocycles. The van der Waals surface area contributed by atoms with Crippen LogP contribution in [0.5, 0.6) is 0 Å². The minimum atomic E-state index is -4.96. The van der Waals surface area contributed by atoms with E-state index in [1.54, 1.807) is 0 Å². The van der Waals surface area contributed by atoms with Crippen molar-refractivity contribution in [1.82, 2.24) is 0 Å². The third kappa shape index (κ3) is 68.3. The number of ether oxygens (including phenoxy) is 4. The van der Waals surface area contributed by atoms with Crippen molar-refractivity contribution in [2.45, 2.75) is 414 Å². The molecule has 8 atom stereocenters. The monoisotopic (exact) mass is 1420 g/mol. The zero-order valence-corrected chi connectivity index (χ0v) is 65.5. The second-order valence-corrected chi connectivity index (χ2v) is 32.2. The van der Waals surface area contributed by atoms with Crippen LogP contribution < -0.4 is 0 Å². The van der Waals surface area contributed by atoms with Crippen LogP contribution in [0.2, 0.25) is 0 Å². The normalized spacial score (nSPS) is 14.9. The summed E-state index contributed by atoms with van der Waals surface area (Å²) in [4.78, 5) is 72.9. The van der Waals surface area contributed by atoms with E-state index in [2.05, 4.69) is 55.4 Å². The molecule has 97 heavy (non-hydrogen) atoms. The van der Waals surface area contributed by atoms with Gasteiger partial charge < -0.3 is 33.8 Å². The Labute approximate surface area is 594 Å². The zero-order valence-electron chi connectivity index (χ0n) is 63.7. The van der Waals surface area contributed by atoms with Crippen LogP contribution in [0.4, 0.5) is 0 Å². The summed E-state index contributed by atoms with van der Waals surface area (Å²) in [5, 5.41) is 10.6. The van der Waals surface area contributed by atoms with Crippen molar-refractivity contribution in [2.24, 2.45) is 23.7 Å². The number of aliphatic hydroxyl groups is 1. The molecular formula is C78H152O17P2. The van der Waals surface area contributed by atoms with E-state index in [1.165, 1.54) is 186 Å². The number of phosphoric acid groups is 2. The van der Waals surface area contributed by atoms with Gasteiger partial charge in [-0.15, -0.1) is 0 Å². The Kier molecular flexibility index (Phi) is 65.9. The zero-order chi connectivity index (χ0) is 71.7. The number of aliphatic hydroxyl groups excluding tert-OH is 1. The average Bonchev–Trinajstić information content (AvgIpc) is 1.02. The molecule has 0 aliphatic carbocycles. The molecule has 0 bridgehead atoms. The van der Waals surface area contributed by atoms with Crippen LogP contribution in [0.25, 0.3) is 0 Å². The molecule has 0 fully saturated rings. The van der Waals surface area contributed by atoms with Gasteiger partial charge in [-0.3, -0.25) is 37.3 Å². The van der Waals surface area contributed by atoms with E-state index in [0.717, 1.165) is 126 Å². The Hall–Kier alpha value is -1.94. The lowest BCUT2D eigenvalue weighted by molar-refractivity contribution is -0.161.